The van der Waals surface area contributed by atoms with Crippen LogP contribution in [0.4, 0.5) is 0 Å². The number of aromatic nitrogens is 1. The molecule has 0 saturated heterocycles. The lowest BCUT2D eigenvalue weighted by Crippen LogP contribution is -1.79. The van der Waals surface area contributed by atoms with E-state index >= 15 is 0 Å². The molecule has 0 bridgehead atoms. The summed E-state index contributed by atoms with van der Waals surface area (Å²) in [5.74, 6) is 0. The molecule has 0 aliphatic carbocycles. The van der Waals surface area contributed by atoms with Gasteiger partial charge in [-0.3, -0.25) is 0 Å². The molecule has 0 radical (unpaired) electrons. The Bertz CT molecular complexity index is 886. The predicted molar refractivity (Wildman–Crippen MR) is 91.8 cm³/mol. The van der Waals surface area contributed by atoms with Crippen molar-refractivity contribution in [2.24, 2.45) is 0 Å². The highest BCUT2D eigenvalue weighted by atomic mass is 32.1. The number of aryl methyl sites for hydroxylation is 1. The largest absolute Gasteiger partial charge is 0.354 e. The van der Waals surface area contributed by atoms with Gasteiger partial charge in [-0.15, -0.1) is 11.3 Å². The fraction of sp³-hybridized carbons (Fsp3) is 0.0526. The van der Waals surface area contributed by atoms with Crippen LogP contribution in [-0.2, 0) is 0 Å². The number of H-pyrrole nitrogens is 1. The lowest BCUT2D eigenvalue weighted by atomic mass is 10.0. The molecule has 0 saturated carbocycles. The Morgan fingerprint density at radius 3 is 2.52 bits per heavy atom. The molecular formula is C19H15NS. The minimum atomic E-state index is 1.21. The number of aromatic amines is 1. The van der Waals surface area contributed by atoms with E-state index in [1.165, 1.54) is 38.2 Å². The Labute approximate surface area is 127 Å². The van der Waals surface area contributed by atoms with Crippen LogP contribution in [0, 0.1) is 6.92 Å². The fourth-order valence-electron chi connectivity index (χ4n) is 2.81. The highest BCUT2D eigenvalue weighted by molar-refractivity contribution is 7.13. The molecule has 102 valence electrons. The van der Waals surface area contributed by atoms with Gasteiger partial charge in [-0.25, -0.2) is 0 Å². The molecule has 2 aromatic carbocycles. The van der Waals surface area contributed by atoms with Crippen LogP contribution in [0.25, 0.3) is 32.6 Å². The third kappa shape index (κ3) is 2.08. The topological polar surface area (TPSA) is 15.8 Å². The second kappa shape index (κ2) is 4.90. The van der Waals surface area contributed by atoms with E-state index in [9.17, 15) is 0 Å². The third-order valence-corrected chi connectivity index (χ3v) is 4.67. The Kier molecular flexibility index (Phi) is 2.90. The van der Waals surface area contributed by atoms with Crippen LogP contribution in [0.5, 0.6) is 0 Å². The molecule has 0 aliphatic heterocycles. The maximum absolute atomic E-state index is 3.62. The first-order valence-electron chi connectivity index (χ1n) is 7.04. The third-order valence-electron chi connectivity index (χ3n) is 3.78. The lowest BCUT2D eigenvalue weighted by molar-refractivity contribution is 1.43. The van der Waals surface area contributed by atoms with Crippen LogP contribution in [0.15, 0.2) is 66.0 Å². The summed E-state index contributed by atoms with van der Waals surface area (Å²) in [6.07, 6.45) is 0. The van der Waals surface area contributed by atoms with E-state index in [1.807, 2.05) is 0 Å². The number of hydrogen-bond donors (Lipinski definition) is 1. The summed E-state index contributed by atoms with van der Waals surface area (Å²) in [5, 5.41) is 3.43. The van der Waals surface area contributed by atoms with Crippen molar-refractivity contribution in [3.05, 3.63) is 71.6 Å². The molecule has 0 unspecified atom stereocenters. The van der Waals surface area contributed by atoms with Gasteiger partial charge in [0.2, 0.25) is 0 Å². The van der Waals surface area contributed by atoms with Crippen molar-refractivity contribution < 1.29 is 0 Å². The highest BCUT2D eigenvalue weighted by Gasteiger charge is 2.15. The van der Waals surface area contributed by atoms with Crippen molar-refractivity contribution in [1.82, 2.24) is 4.98 Å². The van der Waals surface area contributed by atoms with Gasteiger partial charge in [0.05, 0.1) is 5.69 Å². The summed E-state index contributed by atoms with van der Waals surface area (Å²) in [6, 6.07) is 21.5. The molecular weight excluding hydrogens is 274 g/mol. The first-order chi connectivity index (χ1) is 10.3. The average Bonchev–Trinajstić information content (AvgIpc) is 3.14. The Hall–Kier alpha value is -2.32. The molecule has 2 aromatic heterocycles. The summed E-state index contributed by atoms with van der Waals surface area (Å²) in [5.41, 5.74) is 6.23. The second-order valence-electron chi connectivity index (χ2n) is 5.27. The predicted octanol–water partition coefficient (Wildman–Crippen LogP) is 5.87. The van der Waals surface area contributed by atoms with E-state index in [0.29, 0.717) is 0 Å². The molecule has 0 aliphatic rings. The molecule has 4 rings (SSSR count). The van der Waals surface area contributed by atoms with Gasteiger partial charge in [0.1, 0.15) is 0 Å². The van der Waals surface area contributed by atoms with E-state index in [-0.39, 0.29) is 0 Å². The number of rotatable bonds is 2. The maximum Gasteiger partial charge on any atom is 0.0552 e. The molecule has 21 heavy (non-hydrogen) atoms. The number of nitrogens with one attached hydrogen (secondary N) is 1. The number of thiophene rings is 1. The first-order valence-corrected chi connectivity index (χ1v) is 7.92. The molecule has 4 aromatic rings. The second-order valence-corrected chi connectivity index (χ2v) is 6.22. The zero-order chi connectivity index (χ0) is 14.2. The number of fused-ring (bicyclic) bond motifs is 1. The van der Waals surface area contributed by atoms with Gasteiger partial charge in [0, 0.05) is 21.3 Å². The molecule has 1 nitrogen and oxygen atoms in total. The van der Waals surface area contributed by atoms with Crippen LogP contribution in [0.2, 0.25) is 0 Å². The summed E-state index contributed by atoms with van der Waals surface area (Å²) in [6.45, 7) is 2.13. The average molecular weight is 289 g/mol. The van der Waals surface area contributed by atoms with Crippen molar-refractivity contribution in [2.75, 3.05) is 0 Å². The van der Waals surface area contributed by atoms with Crippen LogP contribution in [0.3, 0.4) is 0 Å². The molecule has 0 fully saturated rings. The van der Waals surface area contributed by atoms with Gasteiger partial charge in [-0.1, -0.05) is 48.5 Å². The van der Waals surface area contributed by atoms with Crippen molar-refractivity contribution >= 4 is 22.2 Å². The van der Waals surface area contributed by atoms with Gasteiger partial charge in [0.15, 0.2) is 0 Å². The normalized spacial score (nSPS) is 11.1. The van der Waals surface area contributed by atoms with Crippen molar-refractivity contribution in [3.8, 4) is 21.7 Å². The molecule has 0 atom stereocenters. The molecule has 0 amide bonds. The highest BCUT2D eigenvalue weighted by Crippen LogP contribution is 2.40. The van der Waals surface area contributed by atoms with Crippen LogP contribution in [-0.4, -0.2) is 4.98 Å². The number of hydrogen-bond acceptors (Lipinski definition) is 1. The zero-order valence-electron chi connectivity index (χ0n) is 11.8. The Balaban J connectivity index is 2.08. The Morgan fingerprint density at radius 2 is 1.76 bits per heavy atom. The summed E-state index contributed by atoms with van der Waals surface area (Å²) in [7, 11) is 0. The SMILES string of the molecule is Cc1ccc2c(-c3cccs3)c(-c3ccccc3)[nH]c2c1. The van der Waals surface area contributed by atoms with E-state index in [1.54, 1.807) is 11.3 Å². The number of benzene rings is 2. The van der Waals surface area contributed by atoms with E-state index in [0.717, 1.165) is 0 Å². The minimum absolute atomic E-state index is 1.21. The van der Waals surface area contributed by atoms with Gasteiger partial charge in [-0.05, 0) is 35.6 Å². The van der Waals surface area contributed by atoms with Crippen LogP contribution >= 0.6 is 11.3 Å². The molecule has 0 spiro atoms. The smallest absolute Gasteiger partial charge is 0.0552 e. The lowest BCUT2D eigenvalue weighted by Gasteiger charge is -2.03. The van der Waals surface area contributed by atoms with Crippen LogP contribution < -0.4 is 0 Å². The fourth-order valence-corrected chi connectivity index (χ4v) is 3.60. The molecule has 1 N–H and O–H groups in total. The van der Waals surface area contributed by atoms with Crippen molar-refractivity contribution in [3.63, 3.8) is 0 Å². The van der Waals surface area contributed by atoms with Gasteiger partial charge < -0.3 is 4.98 Å². The zero-order valence-corrected chi connectivity index (χ0v) is 12.6. The minimum Gasteiger partial charge on any atom is -0.354 e. The van der Waals surface area contributed by atoms with Crippen molar-refractivity contribution in [1.29, 1.82) is 0 Å². The summed E-state index contributed by atoms with van der Waals surface area (Å²) in [4.78, 5) is 4.93. The monoisotopic (exact) mass is 289 g/mol. The van der Waals surface area contributed by atoms with E-state index in [4.69, 9.17) is 0 Å². The first kappa shape index (κ1) is 12.4. The van der Waals surface area contributed by atoms with Gasteiger partial charge in [-0.2, -0.15) is 0 Å². The van der Waals surface area contributed by atoms with Gasteiger partial charge >= 0.3 is 0 Å². The Morgan fingerprint density at radius 1 is 0.905 bits per heavy atom. The van der Waals surface area contributed by atoms with Crippen LogP contribution in [0.1, 0.15) is 5.56 Å². The summed E-state index contributed by atoms with van der Waals surface area (Å²) >= 11 is 1.79. The summed E-state index contributed by atoms with van der Waals surface area (Å²) < 4.78 is 0. The quantitative estimate of drug-likeness (QED) is 0.475. The molecule has 2 heteroatoms. The van der Waals surface area contributed by atoms with E-state index in [2.05, 4.69) is 78.0 Å². The standard InChI is InChI=1S/C19H15NS/c1-13-9-10-15-16(12-13)20-19(14-6-3-2-4-7-14)18(15)17-8-5-11-21-17/h2-12,20H,1H3. The van der Waals surface area contributed by atoms with Crippen molar-refractivity contribution in [2.45, 2.75) is 6.92 Å². The van der Waals surface area contributed by atoms with E-state index < -0.39 is 0 Å². The molecule has 2 heterocycles. The maximum atomic E-state index is 3.62. The van der Waals surface area contributed by atoms with Gasteiger partial charge in [0.25, 0.3) is 0 Å².